The van der Waals surface area contributed by atoms with E-state index >= 15 is 0 Å². The monoisotopic (exact) mass is 471 g/mol. The molecule has 1 aliphatic carbocycles. The van der Waals surface area contributed by atoms with Crippen LogP contribution in [0.15, 0.2) is 59.6 Å². The second-order valence-electron chi connectivity index (χ2n) is 8.81. The van der Waals surface area contributed by atoms with Crippen molar-refractivity contribution in [3.8, 4) is 6.07 Å². The van der Waals surface area contributed by atoms with Crippen molar-refractivity contribution in [2.45, 2.75) is 38.6 Å². The average Bonchev–Trinajstić information content (AvgIpc) is 3.53. The molecular formula is C27H25N3OS2. The Morgan fingerprint density at radius 3 is 2.64 bits per heavy atom. The van der Waals surface area contributed by atoms with Gasteiger partial charge in [-0.05, 0) is 42.2 Å². The molecule has 0 radical (unpaired) electrons. The van der Waals surface area contributed by atoms with Crippen LogP contribution in [-0.2, 0) is 11.3 Å². The smallest absolute Gasteiger partial charge is 0.266 e. The fraction of sp³-hybridized carbons (Fsp3) is 0.296. The van der Waals surface area contributed by atoms with Crippen LogP contribution in [0.4, 0.5) is 0 Å². The number of amides is 1. The summed E-state index contributed by atoms with van der Waals surface area (Å²) in [6.07, 6.45) is 10.3. The van der Waals surface area contributed by atoms with Crippen molar-refractivity contribution < 1.29 is 4.79 Å². The molecule has 6 heteroatoms. The third kappa shape index (κ3) is 4.62. The van der Waals surface area contributed by atoms with Crippen LogP contribution >= 0.6 is 24.0 Å². The summed E-state index contributed by atoms with van der Waals surface area (Å²) in [4.78, 5) is 15.6. The molecule has 166 valence electrons. The number of fused-ring (bicyclic) bond motifs is 1. The number of nitrogens with zero attached hydrogens (tertiary/aromatic N) is 3. The number of carbonyl (C=O) groups excluding carboxylic acids is 1. The Labute approximate surface area is 203 Å². The minimum absolute atomic E-state index is 0.0342. The Balaban J connectivity index is 1.39. The van der Waals surface area contributed by atoms with Gasteiger partial charge in [-0.25, -0.2) is 0 Å². The van der Waals surface area contributed by atoms with Crippen LogP contribution in [0.1, 0.15) is 48.8 Å². The molecule has 1 aliphatic heterocycles. The van der Waals surface area contributed by atoms with E-state index in [0.717, 1.165) is 40.9 Å². The molecule has 2 aromatic carbocycles. The number of thiocarbonyl (C=S) groups is 1. The summed E-state index contributed by atoms with van der Waals surface area (Å²) < 4.78 is 2.87. The van der Waals surface area contributed by atoms with Crippen molar-refractivity contribution in [3.63, 3.8) is 0 Å². The number of nitriles is 1. The van der Waals surface area contributed by atoms with Crippen LogP contribution in [0.2, 0.25) is 0 Å². The second-order valence-corrected chi connectivity index (χ2v) is 10.5. The van der Waals surface area contributed by atoms with Crippen molar-refractivity contribution in [2.24, 2.45) is 5.92 Å². The van der Waals surface area contributed by atoms with Crippen molar-refractivity contribution in [1.82, 2.24) is 9.47 Å². The molecule has 1 saturated heterocycles. The largest absolute Gasteiger partial charge is 0.342 e. The highest BCUT2D eigenvalue weighted by Crippen LogP contribution is 2.36. The van der Waals surface area contributed by atoms with E-state index in [1.165, 1.54) is 37.4 Å². The minimum Gasteiger partial charge on any atom is -0.342 e. The number of aromatic nitrogens is 1. The van der Waals surface area contributed by atoms with Crippen LogP contribution in [-0.4, -0.2) is 26.2 Å². The fourth-order valence-corrected chi connectivity index (χ4v) is 6.15. The molecule has 0 N–H and O–H groups in total. The summed E-state index contributed by atoms with van der Waals surface area (Å²) in [6, 6.07) is 18.1. The average molecular weight is 472 g/mol. The molecule has 4 nitrogen and oxygen atoms in total. The quantitative estimate of drug-likeness (QED) is 0.311. The zero-order valence-corrected chi connectivity index (χ0v) is 20.0. The maximum absolute atomic E-state index is 13.1. The van der Waals surface area contributed by atoms with Gasteiger partial charge in [0, 0.05) is 35.8 Å². The van der Waals surface area contributed by atoms with Crippen molar-refractivity contribution in [2.75, 3.05) is 6.54 Å². The lowest BCUT2D eigenvalue weighted by molar-refractivity contribution is -0.122. The zero-order valence-electron chi connectivity index (χ0n) is 18.4. The summed E-state index contributed by atoms with van der Waals surface area (Å²) in [5, 5.41) is 10.2. The van der Waals surface area contributed by atoms with E-state index in [2.05, 4.69) is 29.0 Å². The van der Waals surface area contributed by atoms with Crippen molar-refractivity contribution >= 4 is 51.2 Å². The molecule has 0 atom stereocenters. The van der Waals surface area contributed by atoms with Gasteiger partial charge < -0.3 is 4.57 Å². The van der Waals surface area contributed by atoms with Crippen LogP contribution in [0.5, 0.6) is 0 Å². The Hall–Kier alpha value is -2.88. The number of thioether (sulfide) groups is 1. The number of rotatable bonds is 6. The molecule has 1 aromatic heterocycles. The number of hydrogen-bond donors (Lipinski definition) is 0. The predicted molar refractivity (Wildman–Crippen MR) is 139 cm³/mol. The summed E-state index contributed by atoms with van der Waals surface area (Å²) in [5.41, 5.74) is 3.92. The summed E-state index contributed by atoms with van der Waals surface area (Å²) in [7, 11) is 0. The first-order valence-corrected chi connectivity index (χ1v) is 12.7. The van der Waals surface area contributed by atoms with Gasteiger partial charge in [-0.2, -0.15) is 5.26 Å². The van der Waals surface area contributed by atoms with E-state index in [1.54, 1.807) is 4.90 Å². The number of hydrogen-bond acceptors (Lipinski definition) is 4. The van der Waals surface area contributed by atoms with Crippen molar-refractivity contribution in [3.05, 3.63) is 76.3 Å². The maximum Gasteiger partial charge on any atom is 0.266 e. The summed E-state index contributed by atoms with van der Waals surface area (Å²) >= 11 is 6.97. The molecule has 5 rings (SSSR count). The lowest BCUT2D eigenvalue weighted by atomic mass is 10.0. The van der Waals surface area contributed by atoms with Crippen molar-refractivity contribution in [1.29, 1.82) is 5.26 Å². The van der Waals surface area contributed by atoms with Gasteiger partial charge in [-0.15, -0.1) is 0 Å². The van der Waals surface area contributed by atoms with Crippen LogP contribution in [0.3, 0.4) is 0 Å². The number of para-hydroxylation sites is 1. The molecule has 0 spiro atoms. The van der Waals surface area contributed by atoms with E-state index in [-0.39, 0.29) is 5.91 Å². The molecule has 3 aromatic rings. The molecule has 2 heterocycles. The Kier molecular flexibility index (Phi) is 6.34. The second kappa shape index (κ2) is 9.54. The highest BCUT2D eigenvalue weighted by molar-refractivity contribution is 8.26. The van der Waals surface area contributed by atoms with Gasteiger partial charge in [0.2, 0.25) is 0 Å². The van der Waals surface area contributed by atoms with Crippen LogP contribution in [0, 0.1) is 17.2 Å². The SMILES string of the molecule is N#Cc1ccc(Cn2cc(/C=C3\SC(=S)N(CCC4CCCC4)C3=O)c3ccccc32)cc1. The topological polar surface area (TPSA) is 49.0 Å². The third-order valence-electron chi connectivity index (χ3n) is 6.65. The Bertz CT molecular complexity index is 1280. The lowest BCUT2D eigenvalue weighted by Gasteiger charge is -2.17. The highest BCUT2D eigenvalue weighted by Gasteiger charge is 2.32. The van der Waals surface area contributed by atoms with Gasteiger partial charge in [-0.1, -0.05) is 80.0 Å². The Morgan fingerprint density at radius 1 is 1.12 bits per heavy atom. The predicted octanol–water partition coefficient (Wildman–Crippen LogP) is 6.34. The van der Waals surface area contributed by atoms with Crippen LogP contribution < -0.4 is 0 Å². The molecule has 0 bridgehead atoms. The molecule has 33 heavy (non-hydrogen) atoms. The van der Waals surface area contributed by atoms with Crippen LogP contribution in [0.25, 0.3) is 17.0 Å². The molecule has 2 fully saturated rings. The van der Waals surface area contributed by atoms with E-state index in [0.29, 0.717) is 21.3 Å². The summed E-state index contributed by atoms with van der Waals surface area (Å²) in [6.45, 7) is 1.43. The lowest BCUT2D eigenvalue weighted by Crippen LogP contribution is -2.30. The highest BCUT2D eigenvalue weighted by atomic mass is 32.2. The standard InChI is InChI=1S/C27H25N3OS2/c28-16-20-9-11-21(12-10-20)17-29-18-22(23-7-3-4-8-24(23)29)15-25-26(31)30(27(32)33-25)14-13-19-5-1-2-6-19/h3-4,7-12,15,18-19H,1-2,5-6,13-14,17H2/b25-15-. The van der Waals surface area contributed by atoms with Gasteiger partial charge in [0.05, 0.1) is 16.5 Å². The van der Waals surface area contributed by atoms with E-state index in [9.17, 15) is 4.79 Å². The number of benzene rings is 2. The normalized spacial score (nSPS) is 18.0. The Morgan fingerprint density at radius 2 is 1.88 bits per heavy atom. The first-order valence-electron chi connectivity index (χ1n) is 11.4. The molecule has 0 unspecified atom stereocenters. The number of carbonyl (C=O) groups is 1. The van der Waals surface area contributed by atoms with Gasteiger partial charge in [0.25, 0.3) is 5.91 Å². The molecule has 2 aliphatic rings. The van der Waals surface area contributed by atoms with Gasteiger partial charge in [0.15, 0.2) is 0 Å². The molecular weight excluding hydrogens is 446 g/mol. The van der Waals surface area contributed by atoms with Gasteiger partial charge in [-0.3, -0.25) is 9.69 Å². The maximum atomic E-state index is 13.1. The van der Waals surface area contributed by atoms with E-state index < -0.39 is 0 Å². The first kappa shape index (κ1) is 21.9. The minimum atomic E-state index is 0.0342. The van der Waals surface area contributed by atoms with E-state index in [1.807, 2.05) is 42.5 Å². The van der Waals surface area contributed by atoms with Gasteiger partial charge in [0.1, 0.15) is 4.32 Å². The third-order valence-corrected chi connectivity index (χ3v) is 8.03. The summed E-state index contributed by atoms with van der Waals surface area (Å²) in [5.74, 6) is 0.769. The first-order chi connectivity index (χ1) is 16.1. The molecule has 1 saturated carbocycles. The van der Waals surface area contributed by atoms with E-state index in [4.69, 9.17) is 17.5 Å². The molecule has 1 amide bonds. The van der Waals surface area contributed by atoms with Gasteiger partial charge >= 0.3 is 0 Å². The zero-order chi connectivity index (χ0) is 22.8. The fourth-order valence-electron chi connectivity index (χ4n) is 4.85.